The molecule has 5 heteroatoms. The number of carbonyl (C=O) groups is 2. The highest BCUT2D eigenvalue weighted by molar-refractivity contribution is 6.01. The van der Waals surface area contributed by atoms with E-state index in [-0.39, 0.29) is 19.3 Å². The molecular formula is C10H17NO4. The molecule has 0 aromatic carbocycles. The smallest absolute Gasteiger partial charge is 0.323 e. The third-order valence-corrected chi connectivity index (χ3v) is 2.55. The van der Waals surface area contributed by atoms with Gasteiger partial charge in [0, 0.05) is 6.04 Å². The van der Waals surface area contributed by atoms with Crippen molar-refractivity contribution in [3.8, 4) is 0 Å². The highest BCUT2D eigenvalue weighted by Gasteiger charge is 2.57. The zero-order valence-corrected chi connectivity index (χ0v) is 9.12. The zero-order chi connectivity index (χ0) is 11.5. The summed E-state index contributed by atoms with van der Waals surface area (Å²) in [5.74, 6) is -1.02. The fourth-order valence-electron chi connectivity index (χ4n) is 1.79. The normalized spacial score (nSPS) is 19.1. The fraction of sp³-hybridized carbons (Fsp3) is 0.800. The molecule has 15 heavy (non-hydrogen) atoms. The molecule has 0 radical (unpaired) electrons. The fourth-order valence-corrected chi connectivity index (χ4v) is 1.79. The van der Waals surface area contributed by atoms with Gasteiger partial charge in [-0.1, -0.05) is 0 Å². The van der Waals surface area contributed by atoms with Crippen LogP contribution in [0, 0.1) is 5.41 Å². The second kappa shape index (κ2) is 4.61. The van der Waals surface area contributed by atoms with Gasteiger partial charge in [-0.25, -0.2) is 0 Å². The van der Waals surface area contributed by atoms with E-state index in [1.165, 1.54) is 0 Å². The van der Waals surface area contributed by atoms with Crippen LogP contribution in [0.4, 0.5) is 0 Å². The van der Waals surface area contributed by atoms with Gasteiger partial charge in [0.15, 0.2) is 5.41 Å². The van der Waals surface area contributed by atoms with Gasteiger partial charge in [-0.15, -0.1) is 0 Å². The largest absolute Gasteiger partial charge is 0.465 e. The quantitative estimate of drug-likeness (QED) is 0.536. The van der Waals surface area contributed by atoms with E-state index >= 15 is 0 Å². The Kier molecular flexibility index (Phi) is 3.68. The van der Waals surface area contributed by atoms with Gasteiger partial charge >= 0.3 is 11.9 Å². The average Bonchev–Trinajstić information content (AvgIpc) is 2.13. The van der Waals surface area contributed by atoms with Crippen molar-refractivity contribution in [1.29, 1.82) is 0 Å². The van der Waals surface area contributed by atoms with E-state index in [0.29, 0.717) is 12.8 Å². The minimum Gasteiger partial charge on any atom is -0.465 e. The minimum absolute atomic E-state index is 0.112. The number of nitrogens with two attached hydrogens (primary N) is 1. The molecule has 0 aromatic heterocycles. The lowest BCUT2D eigenvalue weighted by atomic mass is 9.65. The van der Waals surface area contributed by atoms with E-state index in [1.807, 2.05) is 0 Å². The SMILES string of the molecule is CCOC(=O)C1(C(=O)OCC)CC(N)C1. The summed E-state index contributed by atoms with van der Waals surface area (Å²) in [4.78, 5) is 23.3. The molecule has 0 bridgehead atoms. The number of ether oxygens (including phenoxy) is 2. The predicted molar refractivity (Wildman–Crippen MR) is 52.9 cm³/mol. The van der Waals surface area contributed by atoms with Crippen molar-refractivity contribution in [2.45, 2.75) is 32.7 Å². The first kappa shape index (κ1) is 12.0. The maximum atomic E-state index is 11.6. The summed E-state index contributed by atoms with van der Waals surface area (Å²) in [6.07, 6.45) is 0.648. The Morgan fingerprint density at radius 3 is 1.87 bits per heavy atom. The van der Waals surface area contributed by atoms with Gasteiger partial charge in [-0.05, 0) is 26.7 Å². The van der Waals surface area contributed by atoms with Gasteiger partial charge in [0.2, 0.25) is 0 Å². The van der Waals surface area contributed by atoms with Crippen LogP contribution in [0.15, 0.2) is 0 Å². The first-order valence-electron chi connectivity index (χ1n) is 5.16. The van der Waals surface area contributed by atoms with E-state index < -0.39 is 17.4 Å². The van der Waals surface area contributed by atoms with E-state index in [2.05, 4.69) is 0 Å². The Labute approximate surface area is 88.9 Å². The molecule has 0 unspecified atom stereocenters. The maximum Gasteiger partial charge on any atom is 0.323 e. The molecule has 1 aliphatic rings. The van der Waals surface area contributed by atoms with Crippen LogP contribution >= 0.6 is 0 Å². The molecule has 1 saturated carbocycles. The molecule has 0 aliphatic heterocycles. The summed E-state index contributed by atoms with van der Waals surface area (Å²) in [5.41, 5.74) is 4.47. The number of rotatable bonds is 4. The highest BCUT2D eigenvalue weighted by Crippen LogP contribution is 2.42. The number of hydrogen-bond donors (Lipinski definition) is 1. The van der Waals surface area contributed by atoms with Crippen LogP contribution in [0.1, 0.15) is 26.7 Å². The molecule has 0 amide bonds. The molecular weight excluding hydrogens is 198 g/mol. The molecule has 0 atom stereocenters. The lowest BCUT2D eigenvalue weighted by molar-refractivity contribution is -0.180. The summed E-state index contributed by atoms with van der Waals surface area (Å²) < 4.78 is 9.74. The molecule has 1 rings (SSSR count). The second-order valence-electron chi connectivity index (χ2n) is 3.69. The Hall–Kier alpha value is -1.10. The summed E-state index contributed by atoms with van der Waals surface area (Å²) in [7, 11) is 0. The monoisotopic (exact) mass is 215 g/mol. The van der Waals surface area contributed by atoms with Crippen molar-refractivity contribution in [2.75, 3.05) is 13.2 Å². The van der Waals surface area contributed by atoms with Crippen LogP contribution < -0.4 is 5.73 Å². The lowest BCUT2D eigenvalue weighted by Gasteiger charge is -2.40. The highest BCUT2D eigenvalue weighted by atomic mass is 16.6. The number of carbonyl (C=O) groups excluding carboxylic acids is 2. The zero-order valence-electron chi connectivity index (χ0n) is 9.12. The van der Waals surface area contributed by atoms with Crippen LogP contribution in [0.2, 0.25) is 0 Å². The first-order valence-corrected chi connectivity index (χ1v) is 5.16. The van der Waals surface area contributed by atoms with Crippen LogP contribution in [0.25, 0.3) is 0 Å². The number of hydrogen-bond acceptors (Lipinski definition) is 5. The van der Waals surface area contributed by atoms with Crippen molar-refractivity contribution in [2.24, 2.45) is 11.1 Å². The molecule has 86 valence electrons. The van der Waals surface area contributed by atoms with Gasteiger partial charge in [-0.3, -0.25) is 9.59 Å². The summed E-state index contributed by atoms with van der Waals surface area (Å²) in [6.45, 7) is 3.93. The lowest BCUT2D eigenvalue weighted by Crippen LogP contribution is -2.56. The van der Waals surface area contributed by atoms with Gasteiger partial charge in [0.1, 0.15) is 0 Å². The Morgan fingerprint density at radius 1 is 1.20 bits per heavy atom. The van der Waals surface area contributed by atoms with Gasteiger partial charge in [0.25, 0.3) is 0 Å². The van der Waals surface area contributed by atoms with Crippen molar-refractivity contribution in [3.05, 3.63) is 0 Å². The minimum atomic E-state index is -1.13. The van der Waals surface area contributed by atoms with Crippen molar-refractivity contribution in [3.63, 3.8) is 0 Å². The number of esters is 2. The molecule has 1 fully saturated rings. The average molecular weight is 215 g/mol. The van der Waals surface area contributed by atoms with Gasteiger partial charge in [-0.2, -0.15) is 0 Å². The van der Waals surface area contributed by atoms with Crippen LogP contribution in [0.3, 0.4) is 0 Å². The first-order chi connectivity index (χ1) is 7.06. The molecule has 0 spiro atoms. The Morgan fingerprint density at radius 2 is 1.60 bits per heavy atom. The van der Waals surface area contributed by atoms with Crippen molar-refractivity contribution >= 4 is 11.9 Å². The Balaban J connectivity index is 2.71. The molecule has 5 nitrogen and oxygen atoms in total. The standard InChI is InChI=1S/C10H17NO4/c1-3-14-8(12)10(5-7(11)6-10)9(13)15-4-2/h7H,3-6,11H2,1-2H3. The predicted octanol–water partition coefficient (Wildman–Crippen LogP) is 0.220. The van der Waals surface area contributed by atoms with Crippen LogP contribution in [0.5, 0.6) is 0 Å². The summed E-state index contributed by atoms with van der Waals surface area (Å²) in [6, 6.07) is -0.112. The Bertz CT molecular complexity index is 238. The maximum absolute atomic E-state index is 11.6. The van der Waals surface area contributed by atoms with Crippen molar-refractivity contribution in [1.82, 2.24) is 0 Å². The van der Waals surface area contributed by atoms with E-state index in [9.17, 15) is 9.59 Å². The molecule has 0 saturated heterocycles. The summed E-state index contributed by atoms with van der Waals surface area (Å²) >= 11 is 0. The molecule has 1 aliphatic carbocycles. The van der Waals surface area contributed by atoms with Crippen molar-refractivity contribution < 1.29 is 19.1 Å². The van der Waals surface area contributed by atoms with Gasteiger partial charge < -0.3 is 15.2 Å². The van der Waals surface area contributed by atoms with E-state index in [0.717, 1.165) is 0 Å². The third kappa shape index (κ3) is 2.12. The van der Waals surface area contributed by atoms with E-state index in [1.54, 1.807) is 13.8 Å². The molecule has 0 heterocycles. The molecule has 2 N–H and O–H groups in total. The van der Waals surface area contributed by atoms with Crippen LogP contribution in [-0.2, 0) is 19.1 Å². The third-order valence-electron chi connectivity index (χ3n) is 2.55. The molecule has 0 aromatic rings. The second-order valence-corrected chi connectivity index (χ2v) is 3.69. The summed E-state index contributed by atoms with van der Waals surface area (Å²) in [5, 5.41) is 0. The van der Waals surface area contributed by atoms with E-state index in [4.69, 9.17) is 15.2 Å². The topological polar surface area (TPSA) is 78.6 Å². The van der Waals surface area contributed by atoms with Gasteiger partial charge in [0.05, 0.1) is 13.2 Å². The van der Waals surface area contributed by atoms with Crippen LogP contribution in [-0.4, -0.2) is 31.2 Å².